The minimum atomic E-state index is 0.942. The van der Waals surface area contributed by atoms with Crippen molar-refractivity contribution in [3.63, 3.8) is 0 Å². The molecule has 2 heterocycles. The Hall–Kier alpha value is -7.78. The molecule has 2 heteroatoms. The van der Waals surface area contributed by atoms with Crippen LogP contribution in [0, 0.1) is 0 Å². The van der Waals surface area contributed by atoms with E-state index in [0.717, 1.165) is 12.8 Å². The number of rotatable bonds is 6. The van der Waals surface area contributed by atoms with Crippen LogP contribution in [0.5, 0.6) is 0 Å². The van der Waals surface area contributed by atoms with Gasteiger partial charge in [-0.25, -0.2) is 0 Å². The van der Waals surface area contributed by atoms with Crippen molar-refractivity contribution in [3.8, 4) is 50.2 Å². The highest BCUT2D eigenvalue weighted by atomic mass is 32.1. The molecular formula is C62H41NS. The maximum atomic E-state index is 2.55. The summed E-state index contributed by atoms with van der Waals surface area (Å²) >= 11 is 1.93. The van der Waals surface area contributed by atoms with Crippen molar-refractivity contribution in [3.05, 3.63) is 235 Å². The fourth-order valence-corrected chi connectivity index (χ4v) is 11.8. The number of para-hydroxylation sites is 1. The summed E-state index contributed by atoms with van der Waals surface area (Å²) in [6, 6.07) is 80.6. The molecule has 0 radical (unpaired) electrons. The van der Waals surface area contributed by atoms with Crippen LogP contribution >= 0.6 is 11.3 Å². The molecule has 0 spiro atoms. The van der Waals surface area contributed by atoms with Gasteiger partial charge >= 0.3 is 0 Å². The molecular weight excluding hydrogens is 791 g/mol. The van der Waals surface area contributed by atoms with Crippen LogP contribution < -0.4 is 0 Å². The fourth-order valence-electron chi connectivity index (χ4n) is 10.6. The molecule has 1 aliphatic carbocycles. The highest BCUT2D eigenvalue weighted by molar-refractivity contribution is 7.26. The number of fused-ring (bicyclic) bond motifs is 8. The molecule has 1 nitrogen and oxygen atoms in total. The van der Waals surface area contributed by atoms with E-state index in [4.69, 9.17) is 0 Å². The quantitative estimate of drug-likeness (QED) is 0.147. The Labute approximate surface area is 376 Å². The Morgan fingerprint density at radius 2 is 0.906 bits per heavy atom. The first-order valence-electron chi connectivity index (χ1n) is 22.3. The summed E-state index contributed by atoms with van der Waals surface area (Å²) in [7, 11) is 0. The molecule has 12 aromatic rings. The van der Waals surface area contributed by atoms with Gasteiger partial charge in [-0.1, -0.05) is 176 Å². The number of aromatic nitrogens is 1. The van der Waals surface area contributed by atoms with Gasteiger partial charge in [0.2, 0.25) is 0 Å². The number of benzene rings is 10. The minimum absolute atomic E-state index is 0.942. The number of thiophene rings is 1. The third kappa shape index (κ3) is 5.91. The molecule has 0 fully saturated rings. The first-order chi connectivity index (χ1) is 31.7. The predicted octanol–water partition coefficient (Wildman–Crippen LogP) is 17.5. The van der Waals surface area contributed by atoms with Crippen molar-refractivity contribution in [2.45, 2.75) is 12.8 Å². The van der Waals surface area contributed by atoms with Gasteiger partial charge in [0.25, 0.3) is 0 Å². The second-order valence-corrected chi connectivity index (χ2v) is 18.1. The van der Waals surface area contributed by atoms with E-state index < -0.39 is 0 Å². The van der Waals surface area contributed by atoms with Crippen LogP contribution in [0.1, 0.15) is 23.2 Å². The molecule has 0 N–H and O–H groups in total. The molecule has 0 saturated heterocycles. The molecule has 0 bridgehead atoms. The van der Waals surface area contributed by atoms with Gasteiger partial charge in [0, 0.05) is 42.5 Å². The van der Waals surface area contributed by atoms with E-state index >= 15 is 0 Å². The van der Waals surface area contributed by atoms with Crippen molar-refractivity contribution in [1.29, 1.82) is 0 Å². The average molecular weight is 832 g/mol. The zero-order valence-corrected chi connectivity index (χ0v) is 35.9. The van der Waals surface area contributed by atoms with Gasteiger partial charge in [0.1, 0.15) is 0 Å². The van der Waals surface area contributed by atoms with Gasteiger partial charge in [-0.3, -0.25) is 0 Å². The standard InChI is InChI=1S/C62H41NS/c1-4-17-40(18-5-1)43-32-34-59-55(36-43)56-39-46(41-19-6-2-7-20-41)38-53(62(56)64-59)44-31-33-58-54(37-44)48-25-14-15-30-57(48)63(58)47-24-16-23-45(35-47)61-51-28-12-10-26-49(51)60(42-21-8-3-9-22-42)50-27-11-13-29-52(50)61/h1-30,32,34-39H,31,33H2. The third-order valence-corrected chi connectivity index (χ3v) is 14.7. The lowest BCUT2D eigenvalue weighted by molar-refractivity contribution is 0.899. The first-order valence-corrected chi connectivity index (χ1v) is 23.1. The topological polar surface area (TPSA) is 4.93 Å². The van der Waals surface area contributed by atoms with Crippen LogP contribution in [0.25, 0.3) is 114 Å². The van der Waals surface area contributed by atoms with Crippen molar-refractivity contribution < 1.29 is 0 Å². The van der Waals surface area contributed by atoms with Crippen LogP contribution in [-0.2, 0) is 6.42 Å². The van der Waals surface area contributed by atoms with Crippen molar-refractivity contribution in [1.82, 2.24) is 4.57 Å². The SMILES string of the molecule is C1=C(c2cc(-c3ccccc3)cc3c2sc2ccc(-c4ccccc4)cc23)CCc2c1c1ccccc1n2-c1cccc(-c2c3ccccc3c(-c3ccccc3)c3ccccc23)c1. The van der Waals surface area contributed by atoms with Gasteiger partial charge in [-0.15, -0.1) is 11.3 Å². The molecule has 300 valence electrons. The third-order valence-electron chi connectivity index (χ3n) is 13.5. The Balaban J connectivity index is 0.991. The second kappa shape index (κ2) is 14.9. The normalized spacial score (nSPS) is 12.7. The summed E-state index contributed by atoms with van der Waals surface area (Å²) in [6.45, 7) is 0. The van der Waals surface area contributed by atoms with Crippen LogP contribution in [0.2, 0.25) is 0 Å². The van der Waals surface area contributed by atoms with E-state index in [9.17, 15) is 0 Å². The zero-order valence-electron chi connectivity index (χ0n) is 35.1. The van der Waals surface area contributed by atoms with Crippen LogP contribution in [0.15, 0.2) is 218 Å². The summed E-state index contributed by atoms with van der Waals surface area (Å²) in [5.74, 6) is 0. The van der Waals surface area contributed by atoms with Crippen LogP contribution in [0.4, 0.5) is 0 Å². The van der Waals surface area contributed by atoms with E-state index in [0.29, 0.717) is 0 Å². The maximum Gasteiger partial charge on any atom is 0.0537 e. The van der Waals surface area contributed by atoms with Gasteiger partial charge in [0.15, 0.2) is 0 Å². The average Bonchev–Trinajstić information content (AvgIpc) is 3.91. The Bertz CT molecular complexity index is 3760. The summed E-state index contributed by atoms with van der Waals surface area (Å²) in [5.41, 5.74) is 17.9. The molecule has 0 unspecified atom stereocenters. The lowest BCUT2D eigenvalue weighted by Gasteiger charge is -2.20. The highest BCUT2D eigenvalue weighted by Crippen LogP contribution is 2.48. The van der Waals surface area contributed by atoms with Crippen molar-refractivity contribution >= 4 is 75.6 Å². The molecule has 13 rings (SSSR count). The zero-order chi connectivity index (χ0) is 42.1. The first kappa shape index (κ1) is 36.8. The molecule has 10 aromatic carbocycles. The van der Waals surface area contributed by atoms with Gasteiger partial charge in [0.05, 0.1) is 5.52 Å². The molecule has 64 heavy (non-hydrogen) atoms. The lowest BCUT2D eigenvalue weighted by Crippen LogP contribution is -2.05. The summed E-state index contributed by atoms with van der Waals surface area (Å²) in [4.78, 5) is 0. The van der Waals surface area contributed by atoms with E-state index in [1.807, 2.05) is 11.3 Å². The summed E-state index contributed by atoms with van der Waals surface area (Å²) in [5, 5.41) is 9.03. The number of nitrogens with zero attached hydrogens (tertiary/aromatic N) is 1. The smallest absolute Gasteiger partial charge is 0.0537 e. The van der Waals surface area contributed by atoms with Crippen LogP contribution in [0.3, 0.4) is 0 Å². The number of hydrogen-bond acceptors (Lipinski definition) is 1. The Kier molecular flexibility index (Phi) is 8.60. The van der Waals surface area contributed by atoms with E-state index in [-0.39, 0.29) is 0 Å². The molecule has 2 aromatic heterocycles. The lowest BCUT2D eigenvalue weighted by atomic mass is 9.86. The summed E-state index contributed by atoms with van der Waals surface area (Å²) in [6.07, 6.45) is 4.42. The molecule has 0 atom stereocenters. The van der Waals surface area contributed by atoms with E-state index in [1.165, 1.54) is 125 Å². The molecule has 1 aliphatic rings. The van der Waals surface area contributed by atoms with Gasteiger partial charge in [-0.05, 0) is 139 Å². The molecule has 0 aliphatic heterocycles. The largest absolute Gasteiger partial charge is 0.313 e. The van der Waals surface area contributed by atoms with Gasteiger partial charge < -0.3 is 4.57 Å². The fraction of sp³-hybridized carbons (Fsp3) is 0.0323. The predicted molar refractivity (Wildman–Crippen MR) is 276 cm³/mol. The Morgan fingerprint density at radius 1 is 0.359 bits per heavy atom. The molecule has 0 saturated carbocycles. The number of allylic oxidation sites excluding steroid dienone is 1. The van der Waals surface area contributed by atoms with Gasteiger partial charge in [-0.2, -0.15) is 0 Å². The van der Waals surface area contributed by atoms with Crippen LogP contribution in [-0.4, -0.2) is 4.57 Å². The van der Waals surface area contributed by atoms with Crippen molar-refractivity contribution in [2.75, 3.05) is 0 Å². The van der Waals surface area contributed by atoms with E-state index in [1.54, 1.807) is 0 Å². The number of hydrogen-bond donors (Lipinski definition) is 0. The van der Waals surface area contributed by atoms with E-state index in [2.05, 4.69) is 229 Å². The Morgan fingerprint density at radius 3 is 1.58 bits per heavy atom. The molecule has 0 amide bonds. The second-order valence-electron chi connectivity index (χ2n) is 17.1. The maximum absolute atomic E-state index is 2.55. The minimum Gasteiger partial charge on any atom is -0.313 e. The highest BCUT2D eigenvalue weighted by Gasteiger charge is 2.25. The summed E-state index contributed by atoms with van der Waals surface area (Å²) < 4.78 is 5.23. The van der Waals surface area contributed by atoms with Crippen molar-refractivity contribution in [2.24, 2.45) is 0 Å². The monoisotopic (exact) mass is 831 g/mol.